The van der Waals surface area contributed by atoms with E-state index in [0.717, 1.165) is 24.1 Å². The van der Waals surface area contributed by atoms with Crippen molar-refractivity contribution in [2.45, 2.75) is 39.5 Å². The molecule has 1 nitrogen and oxygen atoms in total. The van der Waals surface area contributed by atoms with E-state index in [1.807, 2.05) is 13.0 Å². The van der Waals surface area contributed by atoms with Crippen molar-refractivity contribution in [2.75, 3.05) is 0 Å². The molecular formula is C25H19F6N. The van der Waals surface area contributed by atoms with Crippen LogP contribution in [0.25, 0.3) is 11.1 Å². The number of rotatable bonds is 2. The Morgan fingerprint density at radius 3 is 1.62 bits per heavy atom. The molecule has 0 atom stereocenters. The van der Waals surface area contributed by atoms with Crippen LogP contribution < -0.4 is 0 Å². The van der Waals surface area contributed by atoms with Crippen molar-refractivity contribution in [1.29, 1.82) is 0 Å². The lowest BCUT2D eigenvalue weighted by Gasteiger charge is -2.13. The molecule has 0 bridgehead atoms. The molecule has 0 fully saturated rings. The highest BCUT2D eigenvalue weighted by Crippen LogP contribution is 2.45. The molecular weight excluding hydrogens is 428 g/mol. The van der Waals surface area contributed by atoms with Crippen molar-refractivity contribution in [2.24, 2.45) is 4.99 Å². The summed E-state index contributed by atoms with van der Waals surface area (Å²) in [5.41, 5.74) is 1.17. The van der Waals surface area contributed by atoms with E-state index < -0.39 is 23.5 Å². The molecule has 32 heavy (non-hydrogen) atoms. The monoisotopic (exact) mass is 447 g/mol. The quantitative estimate of drug-likeness (QED) is 0.276. The maximum absolute atomic E-state index is 13.6. The lowest BCUT2D eigenvalue weighted by atomic mass is 9.96. The van der Waals surface area contributed by atoms with E-state index in [9.17, 15) is 26.3 Å². The number of hydrogen-bond donors (Lipinski definition) is 0. The fourth-order valence-electron chi connectivity index (χ4n) is 4.10. The molecule has 3 aromatic carbocycles. The SMILES string of the molecule is CCc1cccc(N=C2c3cc(C(F)(F)F)c(C)cc3-c3cc(C)c(C(F)(F)F)cc32)c1. The first-order valence-corrected chi connectivity index (χ1v) is 10.0. The van der Waals surface area contributed by atoms with E-state index in [1.165, 1.54) is 26.0 Å². The number of aryl methyl sites for hydroxylation is 3. The molecule has 3 aromatic rings. The summed E-state index contributed by atoms with van der Waals surface area (Å²) in [5, 5.41) is 0. The number of halogens is 6. The Balaban J connectivity index is 2.04. The van der Waals surface area contributed by atoms with Crippen LogP contribution in [0.15, 0.2) is 53.5 Å². The van der Waals surface area contributed by atoms with Crippen molar-refractivity contribution in [1.82, 2.24) is 0 Å². The predicted molar refractivity (Wildman–Crippen MR) is 112 cm³/mol. The van der Waals surface area contributed by atoms with Crippen LogP contribution in [0.4, 0.5) is 32.0 Å². The molecule has 1 aliphatic rings. The number of nitrogens with zero attached hydrogens (tertiary/aromatic N) is 1. The van der Waals surface area contributed by atoms with Gasteiger partial charge in [-0.3, -0.25) is 0 Å². The molecule has 166 valence electrons. The van der Waals surface area contributed by atoms with Gasteiger partial charge in [-0.2, -0.15) is 26.3 Å². The summed E-state index contributed by atoms with van der Waals surface area (Å²) >= 11 is 0. The Morgan fingerprint density at radius 2 is 1.19 bits per heavy atom. The first-order chi connectivity index (χ1) is 14.9. The molecule has 0 unspecified atom stereocenters. The van der Waals surface area contributed by atoms with Crippen LogP contribution in [0, 0.1) is 13.8 Å². The van der Waals surface area contributed by atoms with Crippen molar-refractivity contribution < 1.29 is 26.3 Å². The fourth-order valence-corrected chi connectivity index (χ4v) is 4.10. The van der Waals surface area contributed by atoms with Gasteiger partial charge in [-0.25, -0.2) is 4.99 Å². The van der Waals surface area contributed by atoms with Crippen LogP contribution >= 0.6 is 0 Å². The van der Waals surface area contributed by atoms with Crippen LogP contribution in [0.5, 0.6) is 0 Å². The van der Waals surface area contributed by atoms with Gasteiger partial charge in [-0.05, 0) is 72.4 Å². The zero-order chi connectivity index (χ0) is 23.4. The lowest BCUT2D eigenvalue weighted by Crippen LogP contribution is -2.10. The normalized spacial score (nSPS) is 13.2. The zero-order valence-corrected chi connectivity index (χ0v) is 17.5. The van der Waals surface area contributed by atoms with Crippen LogP contribution in [0.2, 0.25) is 0 Å². The Bertz CT molecular complexity index is 1180. The first kappa shape index (κ1) is 22.1. The number of benzene rings is 3. The summed E-state index contributed by atoms with van der Waals surface area (Å²) in [5.74, 6) is 0. The van der Waals surface area contributed by atoms with Gasteiger partial charge in [0, 0.05) is 11.1 Å². The van der Waals surface area contributed by atoms with Gasteiger partial charge in [0.05, 0.1) is 22.5 Å². The summed E-state index contributed by atoms with van der Waals surface area (Å²) in [6.07, 6.45) is -8.46. The summed E-state index contributed by atoms with van der Waals surface area (Å²) in [7, 11) is 0. The molecule has 7 heteroatoms. The smallest absolute Gasteiger partial charge is 0.248 e. The Morgan fingerprint density at radius 1 is 0.688 bits per heavy atom. The predicted octanol–water partition coefficient (Wildman–Crippen LogP) is 8.05. The second kappa shape index (κ2) is 7.50. The molecule has 0 saturated carbocycles. The highest BCUT2D eigenvalue weighted by atomic mass is 19.4. The highest BCUT2D eigenvalue weighted by molar-refractivity contribution is 6.25. The van der Waals surface area contributed by atoms with E-state index >= 15 is 0 Å². The van der Waals surface area contributed by atoms with E-state index in [4.69, 9.17) is 0 Å². The molecule has 0 saturated heterocycles. The number of aliphatic imine (C=N–C) groups is 1. The van der Waals surface area contributed by atoms with E-state index in [2.05, 4.69) is 4.99 Å². The molecule has 1 aliphatic carbocycles. The standard InChI is InChI=1S/C25H19F6N/c1-4-15-6-5-7-16(10-15)32-23-19-11-21(24(26,27)28)13(2)8-17(19)18-9-14(3)22(12-20(18)23)25(29,30)31/h5-12H,4H2,1-3H3. The second-order valence-electron chi connectivity index (χ2n) is 7.90. The Hall–Kier alpha value is -3.09. The minimum absolute atomic E-state index is 0.00832. The third kappa shape index (κ3) is 3.80. The third-order valence-corrected chi connectivity index (χ3v) is 5.70. The van der Waals surface area contributed by atoms with Gasteiger partial charge in [-0.1, -0.05) is 31.2 Å². The fraction of sp³-hybridized carbons (Fsp3) is 0.240. The Kier molecular flexibility index (Phi) is 5.18. The second-order valence-corrected chi connectivity index (χ2v) is 7.90. The minimum atomic E-state index is -4.59. The first-order valence-electron chi connectivity index (χ1n) is 10.0. The molecule has 0 radical (unpaired) electrons. The van der Waals surface area contributed by atoms with Crippen LogP contribution in [-0.4, -0.2) is 5.71 Å². The number of alkyl halides is 6. The summed E-state index contributed by atoms with van der Waals surface area (Å²) in [6.45, 7) is 4.64. The lowest BCUT2D eigenvalue weighted by molar-refractivity contribution is -0.138. The van der Waals surface area contributed by atoms with Gasteiger partial charge in [0.1, 0.15) is 0 Å². The molecule has 0 N–H and O–H groups in total. The number of hydrogen-bond acceptors (Lipinski definition) is 1. The van der Waals surface area contributed by atoms with Crippen molar-refractivity contribution in [3.8, 4) is 11.1 Å². The molecule has 0 spiro atoms. The maximum atomic E-state index is 13.6. The van der Waals surface area contributed by atoms with Crippen LogP contribution in [0.1, 0.15) is 45.9 Å². The van der Waals surface area contributed by atoms with Gasteiger partial charge in [-0.15, -0.1) is 0 Å². The van der Waals surface area contributed by atoms with Gasteiger partial charge in [0.2, 0.25) is 0 Å². The van der Waals surface area contributed by atoms with E-state index in [0.29, 0.717) is 16.8 Å². The van der Waals surface area contributed by atoms with Gasteiger partial charge >= 0.3 is 12.4 Å². The summed E-state index contributed by atoms with van der Waals surface area (Å²) in [4.78, 5) is 4.54. The highest BCUT2D eigenvalue weighted by Gasteiger charge is 2.38. The number of fused-ring (bicyclic) bond motifs is 3. The van der Waals surface area contributed by atoms with Crippen molar-refractivity contribution >= 4 is 11.4 Å². The largest absolute Gasteiger partial charge is 0.416 e. The van der Waals surface area contributed by atoms with E-state index in [1.54, 1.807) is 18.2 Å². The molecule has 0 aromatic heterocycles. The maximum Gasteiger partial charge on any atom is 0.416 e. The average Bonchev–Trinajstić information content (AvgIpc) is 2.97. The van der Waals surface area contributed by atoms with Crippen molar-refractivity contribution in [3.63, 3.8) is 0 Å². The molecule has 0 heterocycles. The third-order valence-electron chi connectivity index (χ3n) is 5.70. The van der Waals surface area contributed by atoms with Gasteiger partial charge in [0.15, 0.2) is 0 Å². The Labute approximate surface area is 181 Å². The molecule has 0 amide bonds. The summed E-state index contributed by atoms with van der Waals surface area (Å²) < 4.78 is 81.6. The zero-order valence-electron chi connectivity index (χ0n) is 17.5. The molecule has 0 aliphatic heterocycles. The van der Waals surface area contributed by atoms with Crippen LogP contribution in [-0.2, 0) is 18.8 Å². The summed E-state index contributed by atoms with van der Waals surface area (Å²) in [6, 6.07) is 11.9. The van der Waals surface area contributed by atoms with Gasteiger partial charge < -0.3 is 0 Å². The van der Waals surface area contributed by atoms with Gasteiger partial charge in [0.25, 0.3) is 0 Å². The average molecular weight is 447 g/mol. The van der Waals surface area contributed by atoms with Crippen LogP contribution in [0.3, 0.4) is 0 Å². The van der Waals surface area contributed by atoms with E-state index in [-0.39, 0.29) is 28.0 Å². The topological polar surface area (TPSA) is 12.4 Å². The minimum Gasteiger partial charge on any atom is -0.248 e. The van der Waals surface area contributed by atoms with Crippen molar-refractivity contribution in [3.05, 3.63) is 87.5 Å². The molecule has 4 rings (SSSR count).